The maximum absolute atomic E-state index is 5.84. The fourth-order valence-electron chi connectivity index (χ4n) is 3.38. The zero-order valence-electron chi connectivity index (χ0n) is 14.8. The number of nitrogens with zero attached hydrogens (tertiary/aromatic N) is 4. The summed E-state index contributed by atoms with van der Waals surface area (Å²) in [5.41, 5.74) is 8.81. The minimum atomic E-state index is 0.625. The second-order valence-corrected chi connectivity index (χ2v) is 6.71. The second-order valence-electron chi connectivity index (χ2n) is 6.71. The van der Waals surface area contributed by atoms with Gasteiger partial charge in [-0.15, -0.1) is 0 Å². The Morgan fingerprint density at radius 1 is 0.962 bits per heavy atom. The lowest BCUT2D eigenvalue weighted by Crippen LogP contribution is -2.36. The minimum absolute atomic E-state index is 0.625. The fourth-order valence-corrected chi connectivity index (χ4v) is 3.38. The Balaban J connectivity index is 1.74. The van der Waals surface area contributed by atoms with Gasteiger partial charge in [-0.05, 0) is 37.4 Å². The predicted molar refractivity (Wildman–Crippen MR) is 105 cm³/mol. The van der Waals surface area contributed by atoms with E-state index in [1.54, 1.807) is 6.20 Å². The van der Waals surface area contributed by atoms with E-state index in [0.29, 0.717) is 5.92 Å². The first-order valence-corrected chi connectivity index (χ1v) is 9.13. The van der Waals surface area contributed by atoms with Crippen molar-refractivity contribution in [1.82, 2.24) is 15.0 Å². The lowest BCUT2D eigenvalue weighted by molar-refractivity contribution is 0.413. The van der Waals surface area contributed by atoms with Crippen molar-refractivity contribution in [3.8, 4) is 22.6 Å². The molecule has 0 aliphatic carbocycles. The van der Waals surface area contributed by atoms with E-state index in [1.807, 2.05) is 36.5 Å². The largest absolute Gasteiger partial charge is 0.356 e. The van der Waals surface area contributed by atoms with Crippen molar-refractivity contribution in [1.29, 1.82) is 0 Å². The first-order valence-electron chi connectivity index (χ1n) is 9.13. The molecule has 0 atom stereocenters. The zero-order valence-corrected chi connectivity index (χ0v) is 14.8. The topological polar surface area (TPSA) is 67.9 Å². The highest BCUT2D eigenvalue weighted by Crippen LogP contribution is 2.28. The van der Waals surface area contributed by atoms with E-state index in [0.717, 1.165) is 60.9 Å². The molecule has 26 heavy (non-hydrogen) atoms. The van der Waals surface area contributed by atoms with Gasteiger partial charge in [0, 0.05) is 42.7 Å². The molecular formula is C21H23N5. The molecule has 1 fully saturated rings. The van der Waals surface area contributed by atoms with Crippen molar-refractivity contribution in [2.75, 3.05) is 24.5 Å². The summed E-state index contributed by atoms with van der Waals surface area (Å²) in [5.74, 6) is 2.32. The van der Waals surface area contributed by atoms with Crippen LogP contribution in [0.25, 0.3) is 22.6 Å². The standard InChI is InChI=1S/C21H23N5/c22-14-16-8-11-26(12-9-16)20-13-19(17-5-2-1-3-6-17)24-21(25-20)18-7-4-10-23-15-18/h1-7,10,13,15-16H,8-9,11-12,14,22H2. The van der Waals surface area contributed by atoms with Crippen LogP contribution in [0.15, 0.2) is 60.9 Å². The van der Waals surface area contributed by atoms with Gasteiger partial charge < -0.3 is 10.6 Å². The molecule has 3 aromatic rings. The predicted octanol–water partition coefficient (Wildman–Crippen LogP) is 3.38. The second kappa shape index (κ2) is 7.62. The van der Waals surface area contributed by atoms with Gasteiger partial charge in [-0.3, -0.25) is 4.98 Å². The summed E-state index contributed by atoms with van der Waals surface area (Å²) in [6, 6.07) is 16.3. The van der Waals surface area contributed by atoms with Gasteiger partial charge >= 0.3 is 0 Å². The molecule has 2 aromatic heterocycles. The van der Waals surface area contributed by atoms with Crippen LogP contribution in [-0.2, 0) is 0 Å². The molecule has 0 spiro atoms. The molecule has 4 rings (SSSR count). The van der Waals surface area contributed by atoms with E-state index in [4.69, 9.17) is 15.7 Å². The quantitative estimate of drug-likeness (QED) is 0.785. The van der Waals surface area contributed by atoms with Gasteiger partial charge in [-0.25, -0.2) is 9.97 Å². The number of nitrogens with two attached hydrogens (primary N) is 1. The maximum atomic E-state index is 5.84. The Bertz CT molecular complexity index is 785. The van der Waals surface area contributed by atoms with Crippen molar-refractivity contribution in [2.24, 2.45) is 11.7 Å². The third-order valence-corrected chi connectivity index (χ3v) is 4.97. The SMILES string of the molecule is NCC1CCN(c2cc(-c3ccccc3)nc(-c3cccnc3)n2)CC1. The van der Waals surface area contributed by atoms with Crippen molar-refractivity contribution in [3.05, 3.63) is 60.9 Å². The van der Waals surface area contributed by atoms with Gasteiger partial charge in [0.05, 0.1) is 5.69 Å². The van der Waals surface area contributed by atoms with Gasteiger partial charge in [-0.2, -0.15) is 0 Å². The van der Waals surface area contributed by atoms with Crippen LogP contribution in [-0.4, -0.2) is 34.6 Å². The highest BCUT2D eigenvalue weighted by molar-refractivity contribution is 5.67. The van der Waals surface area contributed by atoms with E-state index < -0.39 is 0 Å². The third-order valence-electron chi connectivity index (χ3n) is 4.97. The van der Waals surface area contributed by atoms with Crippen molar-refractivity contribution < 1.29 is 0 Å². The van der Waals surface area contributed by atoms with Crippen LogP contribution >= 0.6 is 0 Å². The Labute approximate surface area is 153 Å². The van der Waals surface area contributed by atoms with Crippen LogP contribution in [0.4, 0.5) is 5.82 Å². The molecular weight excluding hydrogens is 322 g/mol. The van der Waals surface area contributed by atoms with Crippen LogP contribution in [0.2, 0.25) is 0 Å². The van der Waals surface area contributed by atoms with E-state index in [9.17, 15) is 0 Å². The highest BCUT2D eigenvalue weighted by atomic mass is 15.2. The molecule has 1 aromatic carbocycles. The van der Waals surface area contributed by atoms with Crippen molar-refractivity contribution in [2.45, 2.75) is 12.8 Å². The van der Waals surface area contributed by atoms with Crippen LogP contribution in [0.5, 0.6) is 0 Å². The molecule has 0 unspecified atom stereocenters. The fraction of sp³-hybridized carbons (Fsp3) is 0.286. The molecule has 5 nitrogen and oxygen atoms in total. The third kappa shape index (κ3) is 3.58. The zero-order chi connectivity index (χ0) is 17.8. The van der Waals surface area contributed by atoms with E-state index in [-0.39, 0.29) is 0 Å². The van der Waals surface area contributed by atoms with Crippen LogP contribution in [0, 0.1) is 5.92 Å². The Hall–Kier alpha value is -2.79. The van der Waals surface area contributed by atoms with Gasteiger partial charge in [0.1, 0.15) is 5.82 Å². The average Bonchev–Trinajstić information content (AvgIpc) is 2.75. The number of rotatable bonds is 4. The van der Waals surface area contributed by atoms with Gasteiger partial charge in [0.25, 0.3) is 0 Å². The molecule has 3 heterocycles. The number of hydrogen-bond donors (Lipinski definition) is 1. The summed E-state index contributed by atoms with van der Waals surface area (Å²) in [6.45, 7) is 2.74. The number of benzene rings is 1. The van der Waals surface area contributed by atoms with Gasteiger partial charge in [-0.1, -0.05) is 30.3 Å². The molecule has 132 valence electrons. The molecule has 0 amide bonds. The van der Waals surface area contributed by atoms with E-state index in [1.165, 1.54) is 0 Å². The van der Waals surface area contributed by atoms with Gasteiger partial charge in [0.2, 0.25) is 0 Å². The number of anilines is 1. The molecule has 1 aliphatic rings. The smallest absolute Gasteiger partial charge is 0.163 e. The monoisotopic (exact) mass is 345 g/mol. The maximum Gasteiger partial charge on any atom is 0.163 e. The molecule has 5 heteroatoms. The number of aromatic nitrogens is 3. The minimum Gasteiger partial charge on any atom is -0.356 e. The lowest BCUT2D eigenvalue weighted by Gasteiger charge is -2.32. The first-order chi connectivity index (χ1) is 12.8. The Kier molecular flexibility index (Phi) is 4.88. The molecule has 0 bridgehead atoms. The highest BCUT2D eigenvalue weighted by Gasteiger charge is 2.20. The van der Waals surface area contributed by atoms with Crippen molar-refractivity contribution >= 4 is 5.82 Å². The summed E-state index contributed by atoms with van der Waals surface area (Å²) >= 11 is 0. The summed E-state index contributed by atoms with van der Waals surface area (Å²) < 4.78 is 0. The Morgan fingerprint density at radius 2 is 1.73 bits per heavy atom. The molecule has 1 aliphatic heterocycles. The van der Waals surface area contributed by atoms with Gasteiger partial charge in [0.15, 0.2) is 5.82 Å². The summed E-state index contributed by atoms with van der Waals surface area (Å²) in [5, 5.41) is 0. The van der Waals surface area contributed by atoms with Crippen LogP contribution < -0.4 is 10.6 Å². The summed E-state index contributed by atoms with van der Waals surface area (Å²) in [4.78, 5) is 16.2. The molecule has 0 saturated carbocycles. The first kappa shape index (κ1) is 16.7. The van der Waals surface area contributed by atoms with E-state index >= 15 is 0 Å². The van der Waals surface area contributed by atoms with Crippen LogP contribution in [0.1, 0.15) is 12.8 Å². The van der Waals surface area contributed by atoms with Crippen molar-refractivity contribution in [3.63, 3.8) is 0 Å². The molecule has 1 saturated heterocycles. The number of piperidine rings is 1. The summed E-state index contributed by atoms with van der Waals surface area (Å²) in [7, 11) is 0. The average molecular weight is 345 g/mol. The number of pyridine rings is 1. The molecule has 0 radical (unpaired) electrons. The number of hydrogen-bond acceptors (Lipinski definition) is 5. The normalized spacial score (nSPS) is 15.2. The summed E-state index contributed by atoms with van der Waals surface area (Å²) in [6.07, 6.45) is 5.81. The van der Waals surface area contributed by atoms with Crippen LogP contribution in [0.3, 0.4) is 0 Å². The lowest BCUT2D eigenvalue weighted by atomic mass is 9.97. The molecule has 2 N–H and O–H groups in total. The van der Waals surface area contributed by atoms with E-state index in [2.05, 4.69) is 28.1 Å². The Morgan fingerprint density at radius 3 is 2.42 bits per heavy atom.